The summed E-state index contributed by atoms with van der Waals surface area (Å²) in [5.41, 5.74) is 5.58. The highest BCUT2D eigenvalue weighted by atomic mass is 32.2. The minimum absolute atomic E-state index is 0.0885. The van der Waals surface area contributed by atoms with Crippen LogP contribution in [0, 0.1) is 12.8 Å². The molecular formula is C12H20N2O2S2. The van der Waals surface area contributed by atoms with Gasteiger partial charge in [-0.3, -0.25) is 0 Å². The first-order valence-corrected chi connectivity index (χ1v) is 8.43. The van der Waals surface area contributed by atoms with Crippen molar-refractivity contribution in [2.45, 2.75) is 44.7 Å². The molecule has 102 valence electrons. The molecule has 2 rings (SSSR count). The van der Waals surface area contributed by atoms with Gasteiger partial charge in [0.05, 0.1) is 4.90 Å². The lowest BCUT2D eigenvalue weighted by Crippen LogP contribution is -2.34. The summed E-state index contributed by atoms with van der Waals surface area (Å²) in [6, 6.07) is 1.82. The van der Waals surface area contributed by atoms with Crippen molar-refractivity contribution < 1.29 is 8.42 Å². The fraction of sp³-hybridized carbons (Fsp3) is 0.667. The molecule has 2 unspecified atom stereocenters. The van der Waals surface area contributed by atoms with Crippen molar-refractivity contribution in [2.75, 3.05) is 6.54 Å². The lowest BCUT2D eigenvalue weighted by Gasteiger charge is -2.20. The molecule has 0 bridgehead atoms. The average Bonchev–Trinajstić information content (AvgIpc) is 2.82. The van der Waals surface area contributed by atoms with Gasteiger partial charge in [0.15, 0.2) is 0 Å². The number of rotatable bonds is 3. The second kappa shape index (κ2) is 4.92. The second-order valence-corrected chi connectivity index (χ2v) is 8.30. The van der Waals surface area contributed by atoms with E-state index in [-0.39, 0.29) is 6.04 Å². The Balaban J connectivity index is 2.39. The van der Waals surface area contributed by atoms with Crippen LogP contribution in [0.4, 0.5) is 0 Å². The standard InChI is InChI=1S/C12H20N2O2S2/c1-8-4-9(2)14(7-8)18(15,16)12-5-11(6-13)17-10(12)3/h5,8-9H,4,6-7,13H2,1-3H3. The summed E-state index contributed by atoms with van der Waals surface area (Å²) in [6.07, 6.45) is 0.937. The fourth-order valence-electron chi connectivity index (χ4n) is 2.60. The normalized spacial score (nSPS) is 25.8. The first-order valence-electron chi connectivity index (χ1n) is 6.17. The van der Waals surface area contributed by atoms with Crippen LogP contribution in [0.2, 0.25) is 0 Å². The molecule has 2 atom stereocenters. The molecule has 0 saturated carbocycles. The summed E-state index contributed by atoms with van der Waals surface area (Å²) < 4.78 is 26.9. The smallest absolute Gasteiger partial charge is 0.244 e. The van der Waals surface area contributed by atoms with Gasteiger partial charge in [-0.1, -0.05) is 6.92 Å². The zero-order valence-corrected chi connectivity index (χ0v) is 12.6. The number of hydrogen-bond acceptors (Lipinski definition) is 4. The number of hydrogen-bond donors (Lipinski definition) is 1. The summed E-state index contributed by atoms with van der Waals surface area (Å²) in [5, 5.41) is 0. The predicted octanol–water partition coefficient (Wildman–Crippen LogP) is 1.93. The maximum atomic E-state index is 12.6. The molecule has 0 aromatic carbocycles. The molecule has 1 saturated heterocycles. The van der Waals surface area contributed by atoms with Crippen molar-refractivity contribution >= 4 is 21.4 Å². The summed E-state index contributed by atoms with van der Waals surface area (Å²) >= 11 is 1.47. The molecule has 0 radical (unpaired) electrons. The van der Waals surface area contributed by atoms with Gasteiger partial charge in [-0.15, -0.1) is 11.3 Å². The van der Waals surface area contributed by atoms with Crippen LogP contribution in [0.5, 0.6) is 0 Å². The van der Waals surface area contributed by atoms with E-state index < -0.39 is 10.0 Å². The van der Waals surface area contributed by atoms with Crippen LogP contribution < -0.4 is 5.73 Å². The van der Waals surface area contributed by atoms with Gasteiger partial charge in [0.2, 0.25) is 10.0 Å². The molecule has 0 aliphatic carbocycles. The van der Waals surface area contributed by atoms with Crippen LogP contribution in [-0.2, 0) is 16.6 Å². The molecule has 18 heavy (non-hydrogen) atoms. The van der Waals surface area contributed by atoms with E-state index in [0.29, 0.717) is 23.9 Å². The highest BCUT2D eigenvalue weighted by molar-refractivity contribution is 7.89. The largest absolute Gasteiger partial charge is 0.326 e. The lowest BCUT2D eigenvalue weighted by molar-refractivity contribution is 0.405. The van der Waals surface area contributed by atoms with Crippen molar-refractivity contribution in [1.29, 1.82) is 0 Å². The highest BCUT2D eigenvalue weighted by Crippen LogP contribution is 2.33. The molecule has 1 aromatic rings. The van der Waals surface area contributed by atoms with Gasteiger partial charge in [0, 0.05) is 28.9 Å². The monoisotopic (exact) mass is 288 g/mol. The van der Waals surface area contributed by atoms with E-state index in [0.717, 1.165) is 16.2 Å². The maximum Gasteiger partial charge on any atom is 0.244 e. The molecule has 2 heterocycles. The molecule has 0 amide bonds. The minimum atomic E-state index is -3.35. The Bertz CT molecular complexity index is 536. The van der Waals surface area contributed by atoms with Crippen molar-refractivity contribution in [3.8, 4) is 0 Å². The number of nitrogens with zero attached hydrogens (tertiary/aromatic N) is 1. The molecule has 4 nitrogen and oxygen atoms in total. The van der Waals surface area contributed by atoms with Gasteiger partial charge in [0.25, 0.3) is 0 Å². The first-order chi connectivity index (χ1) is 8.36. The predicted molar refractivity (Wildman–Crippen MR) is 74.1 cm³/mol. The maximum absolute atomic E-state index is 12.6. The van der Waals surface area contributed by atoms with E-state index in [1.165, 1.54) is 11.3 Å². The van der Waals surface area contributed by atoms with E-state index in [4.69, 9.17) is 5.73 Å². The van der Waals surface area contributed by atoms with Crippen molar-refractivity contribution in [3.63, 3.8) is 0 Å². The zero-order valence-electron chi connectivity index (χ0n) is 11.0. The number of thiophene rings is 1. The summed E-state index contributed by atoms with van der Waals surface area (Å²) in [4.78, 5) is 2.20. The topological polar surface area (TPSA) is 63.4 Å². The quantitative estimate of drug-likeness (QED) is 0.924. The van der Waals surface area contributed by atoms with Gasteiger partial charge in [0.1, 0.15) is 0 Å². The van der Waals surface area contributed by atoms with Gasteiger partial charge in [-0.25, -0.2) is 8.42 Å². The van der Waals surface area contributed by atoms with Crippen LogP contribution in [0.15, 0.2) is 11.0 Å². The van der Waals surface area contributed by atoms with Crippen molar-refractivity contribution in [2.24, 2.45) is 11.7 Å². The zero-order chi connectivity index (χ0) is 13.5. The van der Waals surface area contributed by atoms with E-state index in [1.54, 1.807) is 10.4 Å². The van der Waals surface area contributed by atoms with E-state index in [9.17, 15) is 8.42 Å². The molecule has 1 aromatic heterocycles. The summed E-state index contributed by atoms with van der Waals surface area (Å²) in [6.45, 7) is 6.94. The average molecular weight is 288 g/mol. The van der Waals surface area contributed by atoms with Crippen LogP contribution in [0.3, 0.4) is 0 Å². The third-order valence-corrected chi connectivity index (χ3v) is 6.75. The van der Waals surface area contributed by atoms with Gasteiger partial charge in [-0.2, -0.15) is 4.31 Å². The molecule has 0 spiro atoms. The third-order valence-electron chi connectivity index (χ3n) is 3.44. The molecule has 1 fully saturated rings. The summed E-state index contributed by atoms with van der Waals surface area (Å²) in [5.74, 6) is 0.433. The number of aryl methyl sites for hydroxylation is 1. The third kappa shape index (κ3) is 2.34. The van der Waals surface area contributed by atoms with Gasteiger partial charge >= 0.3 is 0 Å². The SMILES string of the molecule is Cc1sc(CN)cc1S(=O)(=O)N1CC(C)CC1C. The number of sulfonamides is 1. The Hall–Kier alpha value is -0.430. The van der Waals surface area contributed by atoms with E-state index >= 15 is 0 Å². The Labute approximate surface area is 113 Å². The molecule has 1 aliphatic rings. The van der Waals surface area contributed by atoms with Crippen molar-refractivity contribution in [3.05, 3.63) is 15.8 Å². The van der Waals surface area contributed by atoms with Crippen LogP contribution in [0.1, 0.15) is 30.0 Å². The Kier molecular flexibility index (Phi) is 3.82. The highest BCUT2D eigenvalue weighted by Gasteiger charge is 2.37. The minimum Gasteiger partial charge on any atom is -0.326 e. The molecule has 6 heteroatoms. The van der Waals surface area contributed by atoms with Crippen LogP contribution in [0.25, 0.3) is 0 Å². The Morgan fingerprint density at radius 2 is 2.17 bits per heavy atom. The Morgan fingerprint density at radius 3 is 2.61 bits per heavy atom. The van der Waals surface area contributed by atoms with Gasteiger partial charge < -0.3 is 5.73 Å². The van der Waals surface area contributed by atoms with E-state index in [1.807, 2.05) is 13.8 Å². The van der Waals surface area contributed by atoms with E-state index in [2.05, 4.69) is 6.92 Å². The van der Waals surface area contributed by atoms with Crippen LogP contribution in [-0.4, -0.2) is 25.3 Å². The molecule has 2 N–H and O–H groups in total. The van der Waals surface area contributed by atoms with Gasteiger partial charge in [-0.05, 0) is 32.3 Å². The fourth-order valence-corrected chi connectivity index (χ4v) is 5.85. The van der Waals surface area contributed by atoms with Crippen molar-refractivity contribution in [1.82, 2.24) is 4.31 Å². The summed E-state index contributed by atoms with van der Waals surface area (Å²) in [7, 11) is -3.35. The molecule has 1 aliphatic heterocycles. The second-order valence-electron chi connectivity index (χ2n) is 5.10. The lowest BCUT2D eigenvalue weighted by atomic mass is 10.1. The first kappa shape index (κ1) is 14.0. The Morgan fingerprint density at radius 1 is 1.50 bits per heavy atom. The van der Waals surface area contributed by atoms with Crippen LogP contribution >= 0.6 is 11.3 Å². The molecular weight excluding hydrogens is 268 g/mol. The number of nitrogens with two attached hydrogens (primary N) is 1.